The van der Waals surface area contributed by atoms with Crippen LogP contribution in [0.5, 0.6) is 0 Å². The topological polar surface area (TPSA) is 14.8 Å². The second-order valence-electron chi connectivity index (χ2n) is 11.8. The molecule has 0 saturated heterocycles. The Balaban J connectivity index is 1.37. The molecule has 0 aliphatic rings. The zero-order valence-corrected chi connectivity index (χ0v) is 25.3. The summed E-state index contributed by atoms with van der Waals surface area (Å²) in [7, 11) is 0. The molecule has 3 nitrogen and oxygen atoms in total. The van der Waals surface area contributed by atoms with Gasteiger partial charge in [0.05, 0.1) is 27.6 Å². The van der Waals surface area contributed by atoms with E-state index in [0.29, 0.717) is 0 Å². The predicted molar refractivity (Wildman–Crippen MR) is 191 cm³/mol. The summed E-state index contributed by atoms with van der Waals surface area (Å²) in [6.07, 6.45) is 4.44. The minimum atomic E-state index is 1.15. The van der Waals surface area contributed by atoms with Crippen LogP contribution in [-0.2, 0) is 0 Å². The van der Waals surface area contributed by atoms with Gasteiger partial charge in [0.2, 0.25) is 0 Å². The van der Waals surface area contributed by atoms with Gasteiger partial charge in [-0.05, 0) is 68.4 Å². The first-order chi connectivity index (χ1) is 22.2. The van der Waals surface area contributed by atoms with Crippen molar-refractivity contribution in [3.05, 3.63) is 157 Å². The largest absolute Gasteiger partial charge is 0.313 e. The van der Waals surface area contributed by atoms with Gasteiger partial charge in [0, 0.05) is 55.3 Å². The van der Waals surface area contributed by atoms with Crippen LogP contribution in [0, 0.1) is 6.92 Å². The van der Waals surface area contributed by atoms with Crippen molar-refractivity contribution in [1.82, 2.24) is 13.7 Å². The van der Waals surface area contributed by atoms with Gasteiger partial charge in [-0.15, -0.1) is 0 Å². The molecule has 0 radical (unpaired) electrons. The quantitative estimate of drug-likeness (QED) is 0.198. The summed E-state index contributed by atoms with van der Waals surface area (Å²) in [5.74, 6) is 0. The average molecular weight is 578 g/mol. The number of allylic oxidation sites excluding steroid dienone is 1. The lowest BCUT2D eigenvalue weighted by Gasteiger charge is -2.13. The lowest BCUT2D eigenvalue weighted by atomic mass is 10.1. The zero-order valence-electron chi connectivity index (χ0n) is 25.3. The monoisotopic (exact) mass is 577 g/mol. The summed E-state index contributed by atoms with van der Waals surface area (Å²) < 4.78 is 7.28. The Morgan fingerprint density at radius 1 is 0.444 bits per heavy atom. The van der Waals surface area contributed by atoms with E-state index in [1.807, 2.05) is 0 Å². The zero-order chi connectivity index (χ0) is 30.1. The maximum atomic E-state index is 2.44. The summed E-state index contributed by atoms with van der Waals surface area (Å²) in [6.45, 7) is 4.36. The molecule has 0 atom stereocenters. The van der Waals surface area contributed by atoms with Gasteiger partial charge in [0.1, 0.15) is 0 Å². The third kappa shape index (κ3) is 3.64. The second-order valence-corrected chi connectivity index (χ2v) is 11.8. The first-order valence-corrected chi connectivity index (χ1v) is 15.6. The third-order valence-electron chi connectivity index (χ3n) is 9.32. The molecule has 0 N–H and O–H groups in total. The molecule has 45 heavy (non-hydrogen) atoms. The van der Waals surface area contributed by atoms with Crippen LogP contribution in [0.15, 0.2) is 146 Å². The predicted octanol–water partition coefficient (Wildman–Crippen LogP) is 11.2. The third-order valence-corrected chi connectivity index (χ3v) is 9.32. The van der Waals surface area contributed by atoms with E-state index >= 15 is 0 Å². The highest BCUT2D eigenvalue weighted by Gasteiger charge is 2.22. The number of para-hydroxylation sites is 4. The molecular formula is C42H31N3. The minimum absolute atomic E-state index is 1.15. The van der Waals surface area contributed by atoms with Gasteiger partial charge in [0.15, 0.2) is 0 Å². The summed E-state index contributed by atoms with van der Waals surface area (Å²) in [4.78, 5) is 0. The number of fused-ring (bicyclic) bond motifs is 8. The summed E-state index contributed by atoms with van der Waals surface area (Å²) in [5, 5.41) is 6.35. The molecule has 0 unspecified atom stereocenters. The first kappa shape index (κ1) is 25.7. The first-order valence-electron chi connectivity index (χ1n) is 15.6. The Kier molecular flexibility index (Phi) is 5.63. The molecule has 0 aliphatic heterocycles. The number of rotatable bonds is 4. The number of nitrogens with zero attached hydrogens (tertiary/aromatic N) is 3. The van der Waals surface area contributed by atoms with Gasteiger partial charge < -0.3 is 13.7 Å². The van der Waals surface area contributed by atoms with Crippen molar-refractivity contribution in [2.24, 2.45) is 0 Å². The summed E-state index contributed by atoms with van der Waals surface area (Å²) in [5.41, 5.74) is 12.0. The molecule has 3 heterocycles. The molecule has 0 spiro atoms. The summed E-state index contributed by atoms with van der Waals surface area (Å²) in [6, 6.07) is 50.5. The molecular weight excluding hydrogens is 546 g/mol. The molecule has 6 aromatic carbocycles. The molecule has 0 amide bonds. The second kappa shape index (κ2) is 9.87. The maximum Gasteiger partial charge on any atom is 0.0641 e. The average Bonchev–Trinajstić information content (AvgIpc) is 3.71. The van der Waals surface area contributed by atoms with Gasteiger partial charge in [-0.25, -0.2) is 0 Å². The molecule has 3 aromatic heterocycles. The van der Waals surface area contributed by atoms with E-state index in [1.165, 1.54) is 71.5 Å². The van der Waals surface area contributed by atoms with E-state index in [4.69, 9.17) is 0 Å². The van der Waals surface area contributed by atoms with Crippen LogP contribution in [0.3, 0.4) is 0 Å². The highest BCUT2D eigenvalue weighted by atomic mass is 15.0. The van der Waals surface area contributed by atoms with Gasteiger partial charge in [-0.3, -0.25) is 0 Å². The van der Waals surface area contributed by atoms with Crippen LogP contribution in [0.4, 0.5) is 0 Å². The lowest BCUT2D eigenvalue weighted by molar-refractivity contribution is 1.04. The van der Waals surface area contributed by atoms with Gasteiger partial charge in [-0.1, -0.05) is 97.1 Å². The Labute approximate surface area is 261 Å². The van der Waals surface area contributed by atoms with E-state index in [1.54, 1.807) is 0 Å². The van der Waals surface area contributed by atoms with Crippen LogP contribution in [0.25, 0.3) is 77.7 Å². The Morgan fingerprint density at radius 2 is 0.978 bits per heavy atom. The number of hydrogen-bond acceptors (Lipinski definition) is 0. The summed E-state index contributed by atoms with van der Waals surface area (Å²) >= 11 is 0. The van der Waals surface area contributed by atoms with Crippen molar-refractivity contribution in [3.63, 3.8) is 0 Å². The van der Waals surface area contributed by atoms with Crippen LogP contribution >= 0.6 is 0 Å². The number of hydrogen-bond donors (Lipinski definition) is 0. The van der Waals surface area contributed by atoms with Crippen LogP contribution < -0.4 is 0 Å². The minimum Gasteiger partial charge on any atom is -0.313 e. The van der Waals surface area contributed by atoms with E-state index in [-0.39, 0.29) is 0 Å². The van der Waals surface area contributed by atoms with E-state index in [0.717, 1.165) is 11.4 Å². The van der Waals surface area contributed by atoms with Crippen molar-refractivity contribution >= 4 is 60.6 Å². The normalized spacial score (nSPS) is 12.1. The fourth-order valence-corrected chi connectivity index (χ4v) is 7.50. The van der Waals surface area contributed by atoms with Crippen molar-refractivity contribution in [2.45, 2.75) is 13.8 Å². The highest BCUT2D eigenvalue weighted by molar-refractivity contribution is 6.20. The maximum absolute atomic E-state index is 2.44. The molecule has 9 rings (SSSR count). The Morgan fingerprint density at radius 3 is 1.62 bits per heavy atom. The van der Waals surface area contributed by atoms with Crippen molar-refractivity contribution in [2.75, 3.05) is 0 Å². The molecule has 0 saturated carbocycles. The molecule has 0 fully saturated rings. The van der Waals surface area contributed by atoms with Crippen molar-refractivity contribution in [3.8, 4) is 17.1 Å². The fourth-order valence-electron chi connectivity index (χ4n) is 7.50. The SMILES string of the molecule is C/C=C\c1c(C)n(-c2cccc(-n3c4ccccc4c4ccccc43)c2)c2ccc3c4ccccc4n(-c4ccccc4)c3c12. The van der Waals surface area contributed by atoms with Crippen LogP contribution in [0.1, 0.15) is 18.2 Å². The standard InChI is InChI=1S/C42H31N3/c1-3-14-32-28(2)43(30-17-13-18-31(27-30)44-37-22-10-7-19-33(37)34-20-8-11-23-38(34)44)40-26-25-36-35-21-9-12-24-39(35)45(42(36)41(32)40)29-15-5-4-6-16-29/h3-27H,1-2H3/b14-3-. The fraction of sp³-hybridized carbons (Fsp3) is 0.0476. The Bertz CT molecular complexity index is 2550. The number of benzene rings is 6. The molecule has 0 bridgehead atoms. The molecule has 3 heteroatoms. The van der Waals surface area contributed by atoms with Crippen molar-refractivity contribution in [1.29, 1.82) is 0 Å². The van der Waals surface area contributed by atoms with Crippen LogP contribution in [0.2, 0.25) is 0 Å². The molecule has 0 aliphatic carbocycles. The Hall–Kier alpha value is -5.80. The molecule has 9 aromatic rings. The number of aromatic nitrogens is 3. The lowest BCUT2D eigenvalue weighted by Crippen LogP contribution is -2.00. The smallest absolute Gasteiger partial charge is 0.0641 e. The van der Waals surface area contributed by atoms with E-state index < -0.39 is 0 Å². The van der Waals surface area contributed by atoms with Gasteiger partial charge in [-0.2, -0.15) is 0 Å². The van der Waals surface area contributed by atoms with Gasteiger partial charge >= 0.3 is 0 Å². The van der Waals surface area contributed by atoms with Crippen molar-refractivity contribution < 1.29 is 0 Å². The van der Waals surface area contributed by atoms with E-state index in [2.05, 4.69) is 179 Å². The van der Waals surface area contributed by atoms with E-state index in [9.17, 15) is 0 Å². The van der Waals surface area contributed by atoms with Crippen LogP contribution in [-0.4, -0.2) is 13.7 Å². The highest BCUT2D eigenvalue weighted by Crippen LogP contribution is 2.41. The van der Waals surface area contributed by atoms with Gasteiger partial charge in [0.25, 0.3) is 0 Å². The molecule has 214 valence electrons.